The molecule has 5 rings (SSSR count). The van der Waals surface area contributed by atoms with Crippen molar-refractivity contribution in [3.05, 3.63) is 71.8 Å². The molecular formula is C25H26N2O6. The summed E-state index contributed by atoms with van der Waals surface area (Å²) < 4.78 is 10.9. The zero-order chi connectivity index (χ0) is 23.2. The minimum absolute atomic E-state index is 0.340. The van der Waals surface area contributed by atoms with Gasteiger partial charge in [-0.3, -0.25) is 9.80 Å². The Kier molecular flexibility index (Phi) is 7.07. The maximum Gasteiger partial charge on any atom is 0.414 e. The molecular weight excluding hydrogens is 424 g/mol. The second-order valence-electron chi connectivity index (χ2n) is 8.03. The van der Waals surface area contributed by atoms with Crippen molar-refractivity contribution in [1.82, 2.24) is 9.80 Å². The van der Waals surface area contributed by atoms with Gasteiger partial charge in [0.1, 0.15) is 0 Å². The highest BCUT2D eigenvalue weighted by Gasteiger charge is 2.19. The number of nitrogens with zero attached hydrogens (tertiary/aromatic N) is 2. The average Bonchev–Trinajstić information content (AvgIpc) is 3.29. The lowest BCUT2D eigenvalue weighted by molar-refractivity contribution is -0.159. The predicted molar refractivity (Wildman–Crippen MR) is 122 cm³/mol. The molecule has 8 nitrogen and oxygen atoms in total. The largest absolute Gasteiger partial charge is 0.473 e. The summed E-state index contributed by atoms with van der Waals surface area (Å²) in [6, 6.07) is 21.7. The molecule has 0 radical (unpaired) electrons. The van der Waals surface area contributed by atoms with E-state index in [1.807, 2.05) is 6.07 Å². The van der Waals surface area contributed by atoms with Gasteiger partial charge in [-0.2, -0.15) is 0 Å². The molecule has 3 aromatic carbocycles. The second-order valence-corrected chi connectivity index (χ2v) is 8.03. The average molecular weight is 450 g/mol. The van der Waals surface area contributed by atoms with E-state index in [4.69, 9.17) is 29.3 Å². The highest BCUT2D eigenvalue weighted by atomic mass is 16.7. The second kappa shape index (κ2) is 10.3. The normalized spacial score (nSPS) is 15.6. The molecule has 1 saturated heterocycles. The first-order valence-corrected chi connectivity index (χ1v) is 10.7. The molecule has 0 saturated carbocycles. The third-order valence-corrected chi connectivity index (χ3v) is 5.71. The lowest BCUT2D eigenvalue weighted by atomic mass is 10.1. The number of piperazine rings is 1. The van der Waals surface area contributed by atoms with Crippen LogP contribution < -0.4 is 9.47 Å². The maximum atomic E-state index is 9.10. The smallest absolute Gasteiger partial charge is 0.414 e. The van der Waals surface area contributed by atoms with Gasteiger partial charge in [-0.05, 0) is 40.1 Å². The lowest BCUT2D eigenvalue weighted by Gasteiger charge is -2.34. The number of aliphatic carboxylic acids is 2. The van der Waals surface area contributed by atoms with Crippen LogP contribution in [0.1, 0.15) is 11.1 Å². The van der Waals surface area contributed by atoms with Crippen molar-refractivity contribution in [2.45, 2.75) is 13.1 Å². The van der Waals surface area contributed by atoms with Crippen molar-refractivity contribution in [1.29, 1.82) is 0 Å². The number of rotatable bonds is 4. The number of carboxylic acid groups (broad SMARTS) is 2. The summed E-state index contributed by atoms with van der Waals surface area (Å²) >= 11 is 0. The van der Waals surface area contributed by atoms with Crippen LogP contribution in [0.5, 0.6) is 11.5 Å². The van der Waals surface area contributed by atoms with Gasteiger partial charge in [0.15, 0.2) is 11.5 Å². The van der Waals surface area contributed by atoms with Crippen molar-refractivity contribution >= 4 is 22.7 Å². The Balaban J connectivity index is 0.000000385. The molecule has 2 N–H and O–H groups in total. The standard InChI is InChI=1S/C23H24N2O2.C2H2O4/c1-2-4-21-13-18(5-7-20(21)3-1)15-24-9-11-25(12-10-24)16-19-6-8-22-23(14-19)27-17-26-22;3-1(4)2(5)6/h1-8,13-14H,9-12,15-17H2;(H,3,4)(H,5,6). The summed E-state index contributed by atoms with van der Waals surface area (Å²) in [6.07, 6.45) is 0. The van der Waals surface area contributed by atoms with Gasteiger partial charge in [0.2, 0.25) is 6.79 Å². The minimum Gasteiger partial charge on any atom is -0.473 e. The molecule has 2 aliphatic heterocycles. The highest BCUT2D eigenvalue weighted by molar-refractivity contribution is 6.27. The Morgan fingerprint density at radius 2 is 1.24 bits per heavy atom. The summed E-state index contributed by atoms with van der Waals surface area (Å²) in [5.74, 6) is -1.91. The van der Waals surface area contributed by atoms with Gasteiger partial charge in [-0.1, -0.05) is 42.5 Å². The Morgan fingerprint density at radius 1 is 0.697 bits per heavy atom. The molecule has 3 aromatic rings. The van der Waals surface area contributed by atoms with Crippen LogP contribution >= 0.6 is 0 Å². The molecule has 0 spiro atoms. The zero-order valence-corrected chi connectivity index (χ0v) is 18.1. The fourth-order valence-electron chi connectivity index (χ4n) is 4.00. The molecule has 0 atom stereocenters. The monoisotopic (exact) mass is 450 g/mol. The number of carbonyl (C=O) groups is 2. The molecule has 0 amide bonds. The SMILES string of the molecule is O=C(O)C(=O)O.c1ccc2cc(CN3CCN(Cc4ccc5c(c4)OCO5)CC3)ccc2c1. The fourth-order valence-corrected chi connectivity index (χ4v) is 4.00. The van der Waals surface area contributed by atoms with Gasteiger partial charge < -0.3 is 19.7 Å². The van der Waals surface area contributed by atoms with Crippen LogP contribution in [0.2, 0.25) is 0 Å². The van der Waals surface area contributed by atoms with Crippen LogP contribution in [0.3, 0.4) is 0 Å². The summed E-state index contributed by atoms with van der Waals surface area (Å²) in [6.45, 7) is 6.76. The first-order chi connectivity index (χ1) is 16.0. The first-order valence-electron chi connectivity index (χ1n) is 10.7. The molecule has 0 aromatic heterocycles. The van der Waals surface area contributed by atoms with Crippen molar-refractivity contribution in [3.8, 4) is 11.5 Å². The van der Waals surface area contributed by atoms with Gasteiger partial charge in [-0.15, -0.1) is 0 Å². The van der Waals surface area contributed by atoms with Gasteiger partial charge in [0.05, 0.1) is 0 Å². The van der Waals surface area contributed by atoms with Gasteiger partial charge in [0.25, 0.3) is 0 Å². The van der Waals surface area contributed by atoms with E-state index in [2.05, 4.69) is 64.4 Å². The maximum absolute atomic E-state index is 9.10. The van der Waals surface area contributed by atoms with Gasteiger partial charge >= 0.3 is 11.9 Å². The van der Waals surface area contributed by atoms with E-state index in [0.29, 0.717) is 6.79 Å². The van der Waals surface area contributed by atoms with E-state index in [1.165, 1.54) is 21.9 Å². The van der Waals surface area contributed by atoms with Crippen LogP contribution in [0.25, 0.3) is 10.8 Å². The first kappa shape index (κ1) is 22.6. The Morgan fingerprint density at radius 3 is 1.88 bits per heavy atom. The molecule has 0 unspecified atom stereocenters. The number of benzene rings is 3. The van der Waals surface area contributed by atoms with E-state index >= 15 is 0 Å². The molecule has 33 heavy (non-hydrogen) atoms. The number of hydrogen-bond acceptors (Lipinski definition) is 6. The predicted octanol–water partition coefficient (Wildman–Crippen LogP) is 3.04. The summed E-state index contributed by atoms with van der Waals surface area (Å²) in [7, 11) is 0. The number of fused-ring (bicyclic) bond motifs is 2. The van der Waals surface area contributed by atoms with Crippen LogP contribution in [0.15, 0.2) is 60.7 Å². The molecule has 172 valence electrons. The fraction of sp³-hybridized carbons (Fsp3) is 0.280. The third-order valence-electron chi connectivity index (χ3n) is 5.71. The van der Waals surface area contributed by atoms with Crippen LogP contribution in [0.4, 0.5) is 0 Å². The van der Waals surface area contributed by atoms with E-state index in [-0.39, 0.29) is 0 Å². The summed E-state index contributed by atoms with van der Waals surface area (Å²) in [5, 5.41) is 17.4. The van der Waals surface area contributed by atoms with E-state index < -0.39 is 11.9 Å². The molecule has 8 heteroatoms. The minimum atomic E-state index is -1.82. The topological polar surface area (TPSA) is 99.5 Å². The van der Waals surface area contributed by atoms with Crippen LogP contribution in [-0.4, -0.2) is 64.9 Å². The number of ether oxygens (including phenoxy) is 2. The number of carboxylic acids is 2. The van der Waals surface area contributed by atoms with E-state index in [1.54, 1.807) is 0 Å². The Labute approximate surface area is 191 Å². The summed E-state index contributed by atoms with van der Waals surface area (Å²) in [4.78, 5) is 23.3. The molecule has 1 fully saturated rings. The van der Waals surface area contributed by atoms with Crippen LogP contribution in [-0.2, 0) is 22.7 Å². The molecule has 2 aliphatic rings. The van der Waals surface area contributed by atoms with Crippen molar-refractivity contribution in [3.63, 3.8) is 0 Å². The molecule has 2 heterocycles. The van der Waals surface area contributed by atoms with E-state index in [0.717, 1.165) is 50.8 Å². The number of hydrogen-bond donors (Lipinski definition) is 2. The van der Waals surface area contributed by atoms with Crippen LogP contribution in [0, 0.1) is 0 Å². The third kappa shape index (κ3) is 6.00. The lowest BCUT2D eigenvalue weighted by Crippen LogP contribution is -2.45. The summed E-state index contributed by atoms with van der Waals surface area (Å²) in [5.41, 5.74) is 2.69. The zero-order valence-electron chi connectivity index (χ0n) is 18.1. The Bertz CT molecular complexity index is 1130. The van der Waals surface area contributed by atoms with Crippen molar-refractivity contribution < 1.29 is 29.3 Å². The quantitative estimate of drug-likeness (QED) is 0.585. The Hall–Kier alpha value is -3.62. The van der Waals surface area contributed by atoms with Gasteiger partial charge in [0, 0.05) is 39.3 Å². The van der Waals surface area contributed by atoms with Gasteiger partial charge in [-0.25, -0.2) is 9.59 Å². The highest BCUT2D eigenvalue weighted by Crippen LogP contribution is 2.32. The van der Waals surface area contributed by atoms with Crippen molar-refractivity contribution in [2.75, 3.05) is 33.0 Å². The molecule has 0 aliphatic carbocycles. The van der Waals surface area contributed by atoms with E-state index in [9.17, 15) is 0 Å². The van der Waals surface area contributed by atoms with Crippen molar-refractivity contribution in [2.24, 2.45) is 0 Å². The molecule has 0 bridgehead atoms.